The zero-order valence-corrected chi connectivity index (χ0v) is 18.3. The van der Waals surface area contributed by atoms with Crippen molar-refractivity contribution in [1.82, 2.24) is 15.5 Å². The number of nitrogens with one attached hydrogen (secondary N) is 2. The third-order valence-electron chi connectivity index (χ3n) is 5.17. The number of amides is 1. The number of guanidine groups is 1. The van der Waals surface area contributed by atoms with Crippen molar-refractivity contribution in [3.05, 3.63) is 34.9 Å². The molecule has 2 aliphatic rings. The molecular formula is C19H28ClIN4O. The lowest BCUT2D eigenvalue weighted by Gasteiger charge is -2.21. The molecular weight excluding hydrogens is 463 g/mol. The molecule has 26 heavy (non-hydrogen) atoms. The van der Waals surface area contributed by atoms with Gasteiger partial charge < -0.3 is 15.5 Å². The van der Waals surface area contributed by atoms with E-state index < -0.39 is 0 Å². The van der Waals surface area contributed by atoms with E-state index in [1.54, 1.807) is 7.05 Å². The minimum absolute atomic E-state index is 0. The average molecular weight is 491 g/mol. The summed E-state index contributed by atoms with van der Waals surface area (Å²) in [6.07, 6.45) is 5.49. The van der Waals surface area contributed by atoms with Crippen LogP contribution in [0.25, 0.3) is 0 Å². The van der Waals surface area contributed by atoms with E-state index in [0.717, 1.165) is 48.9 Å². The van der Waals surface area contributed by atoms with Crippen LogP contribution in [0, 0.1) is 5.92 Å². The van der Waals surface area contributed by atoms with Crippen LogP contribution in [0.4, 0.5) is 0 Å². The van der Waals surface area contributed by atoms with Crippen LogP contribution >= 0.6 is 35.6 Å². The number of carbonyl (C=O) groups is 1. The third-order valence-corrected chi connectivity index (χ3v) is 5.54. The number of rotatable bonds is 4. The van der Waals surface area contributed by atoms with Gasteiger partial charge in [-0.15, -0.1) is 24.0 Å². The summed E-state index contributed by atoms with van der Waals surface area (Å²) in [7, 11) is 1.76. The van der Waals surface area contributed by atoms with Gasteiger partial charge in [-0.25, -0.2) is 0 Å². The van der Waals surface area contributed by atoms with Gasteiger partial charge >= 0.3 is 0 Å². The van der Waals surface area contributed by atoms with Gasteiger partial charge in [-0.3, -0.25) is 9.79 Å². The molecule has 1 aliphatic heterocycles. The van der Waals surface area contributed by atoms with Gasteiger partial charge in [-0.1, -0.05) is 42.6 Å². The smallest absolute Gasteiger partial charge is 0.225 e. The Morgan fingerprint density at radius 2 is 2.00 bits per heavy atom. The molecule has 5 nitrogen and oxygen atoms in total. The van der Waals surface area contributed by atoms with Gasteiger partial charge in [0.15, 0.2) is 5.96 Å². The van der Waals surface area contributed by atoms with Crippen molar-refractivity contribution in [3.63, 3.8) is 0 Å². The largest absolute Gasteiger partial charge is 0.352 e. The van der Waals surface area contributed by atoms with Crippen LogP contribution in [-0.4, -0.2) is 42.9 Å². The van der Waals surface area contributed by atoms with Gasteiger partial charge in [0.05, 0.1) is 0 Å². The first kappa shape index (κ1) is 21.3. The Bertz CT molecular complexity index is 634. The second-order valence-electron chi connectivity index (χ2n) is 6.91. The van der Waals surface area contributed by atoms with Crippen LogP contribution in [-0.2, 0) is 11.3 Å². The highest BCUT2D eigenvalue weighted by atomic mass is 127. The van der Waals surface area contributed by atoms with E-state index in [-0.39, 0.29) is 35.9 Å². The number of likely N-dealkylation sites (tertiary alicyclic amines) is 1. The van der Waals surface area contributed by atoms with Crippen LogP contribution < -0.4 is 10.6 Å². The average Bonchev–Trinajstić information content (AvgIpc) is 3.31. The number of hydrogen-bond donors (Lipinski definition) is 2. The minimum atomic E-state index is 0. The van der Waals surface area contributed by atoms with Gasteiger partial charge in [0.2, 0.25) is 5.91 Å². The number of aliphatic imine (C=N–C) groups is 1. The van der Waals surface area contributed by atoms with Crippen molar-refractivity contribution in [2.24, 2.45) is 10.9 Å². The Morgan fingerprint density at radius 3 is 2.69 bits per heavy atom. The first-order valence-electron chi connectivity index (χ1n) is 9.16. The zero-order valence-electron chi connectivity index (χ0n) is 15.2. The molecule has 144 valence electrons. The maximum Gasteiger partial charge on any atom is 0.225 e. The lowest BCUT2D eigenvalue weighted by Crippen LogP contribution is -2.45. The van der Waals surface area contributed by atoms with E-state index in [0.29, 0.717) is 12.5 Å². The molecule has 0 spiro atoms. The molecule has 1 atom stereocenters. The molecule has 1 aromatic rings. The zero-order chi connectivity index (χ0) is 17.6. The van der Waals surface area contributed by atoms with Gasteiger partial charge in [-0.2, -0.15) is 0 Å². The fraction of sp³-hybridized carbons (Fsp3) is 0.579. The SMILES string of the molecule is CN=C(NCc1ccccc1Cl)NC1CCN(C(=O)C2CCCC2)C1.I. The molecule has 1 aliphatic carbocycles. The molecule has 0 radical (unpaired) electrons. The predicted molar refractivity (Wildman–Crippen MR) is 117 cm³/mol. The maximum absolute atomic E-state index is 12.5. The topological polar surface area (TPSA) is 56.7 Å². The number of benzene rings is 1. The van der Waals surface area contributed by atoms with E-state index in [2.05, 4.69) is 15.6 Å². The molecule has 1 saturated heterocycles. The molecule has 2 fully saturated rings. The summed E-state index contributed by atoms with van der Waals surface area (Å²) >= 11 is 6.19. The summed E-state index contributed by atoms with van der Waals surface area (Å²) in [5.41, 5.74) is 1.04. The second-order valence-corrected chi connectivity index (χ2v) is 7.32. The first-order valence-corrected chi connectivity index (χ1v) is 9.54. The molecule has 3 rings (SSSR count). The van der Waals surface area contributed by atoms with Crippen LogP contribution in [0.3, 0.4) is 0 Å². The third kappa shape index (κ3) is 5.49. The molecule has 1 unspecified atom stereocenters. The first-order chi connectivity index (χ1) is 12.2. The molecule has 1 amide bonds. The Hall–Kier alpha value is -1.02. The van der Waals surface area contributed by atoms with E-state index in [1.165, 1.54) is 12.8 Å². The fourth-order valence-corrected chi connectivity index (χ4v) is 3.92. The lowest BCUT2D eigenvalue weighted by atomic mass is 10.1. The number of nitrogens with zero attached hydrogens (tertiary/aromatic N) is 2. The van der Waals surface area contributed by atoms with Crippen molar-refractivity contribution < 1.29 is 4.79 Å². The normalized spacial score (nSPS) is 20.8. The summed E-state index contributed by atoms with van der Waals surface area (Å²) in [5.74, 6) is 1.36. The maximum atomic E-state index is 12.5. The van der Waals surface area contributed by atoms with E-state index in [1.807, 2.05) is 29.2 Å². The Morgan fingerprint density at radius 1 is 1.27 bits per heavy atom. The van der Waals surface area contributed by atoms with Gasteiger partial charge in [0, 0.05) is 43.7 Å². The number of hydrogen-bond acceptors (Lipinski definition) is 2. The van der Waals surface area contributed by atoms with Crippen molar-refractivity contribution >= 4 is 47.4 Å². The summed E-state index contributed by atoms with van der Waals surface area (Å²) < 4.78 is 0. The summed E-state index contributed by atoms with van der Waals surface area (Å²) in [5, 5.41) is 7.49. The predicted octanol–water partition coefficient (Wildman–Crippen LogP) is 3.41. The van der Waals surface area contributed by atoms with Gasteiger partial charge in [-0.05, 0) is 30.9 Å². The molecule has 7 heteroatoms. The van der Waals surface area contributed by atoms with Crippen LogP contribution in [0.2, 0.25) is 5.02 Å². The monoisotopic (exact) mass is 490 g/mol. The van der Waals surface area contributed by atoms with Crippen molar-refractivity contribution in [2.75, 3.05) is 20.1 Å². The quantitative estimate of drug-likeness (QED) is 0.386. The molecule has 1 heterocycles. The highest BCUT2D eigenvalue weighted by Gasteiger charge is 2.32. The van der Waals surface area contributed by atoms with Crippen molar-refractivity contribution in [2.45, 2.75) is 44.7 Å². The van der Waals surface area contributed by atoms with E-state index in [9.17, 15) is 4.79 Å². The Kier molecular flexibility index (Phi) is 8.47. The lowest BCUT2D eigenvalue weighted by molar-refractivity contribution is -0.134. The van der Waals surface area contributed by atoms with Gasteiger partial charge in [0.25, 0.3) is 0 Å². The van der Waals surface area contributed by atoms with E-state index >= 15 is 0 Å². The van der Waals surface area contributed by atoms with Crippen LogP contribution in [0.15, 0.2) is 29.3 Å². The molecule has 0 aromatic heterocycles. The molecule has 0 bridgehead atoms. The highest BCUT2D eigenvalue weighted by molar-refractivity contribution is 14.0. The Labute approximate surface area is 178 Å². The molecule has 1 aromatic carbocycles. The van der Waals surface area contributed by atoms with Crippen molar-refractivity contribution in [3.8, 4) is 0 Å². The van der Waals surface area contributed by atoms with E-state index in [4.69, 9.17) is 11.6 Å². The van der Waals surface area contributed by atoms with Crippen LogP contribution in [0.5, 0.6) is 0 Å². The molecule has 1 saturated carbocycles. The number of halogens is 2. The summed E-state index contributed by atoms with van der Waals surface area (Å²) in [6.45, 7) is 2.23. The standard InChI is InChI=1S/C19H27ClN4O.HI/c1-21-19(22-12-15-8-4-5-9-17(15)20)23-16-10-11-24(13-16)18(25)14-6-2-3-7-14;/h4-5,8-9,14,16H,2-3,6-7,10-13H2,1H3,(H2,21,22,23);1H. The Balaban J connectivity index is 0.00000243. The van der Waals surface area contributed by atoms with Crippen LogP contribution in [0.1, 0.15) is 37.7 Å². The second kappa shape index (κ2) is 10.3. The van der Waals surface area contributed by atoms with Gasteiger partial charge in [0.1, 0.15) is 0 Å². The minimum Gasteiger partial charge on any atom is -0.352 e. The molecule has 2 N–H and O–H groups in total. The fourth-order valence-electron chi connectivity index (χ4n) is 3.72. The highest BCUT2D eigenvalue weighted by Crippen LogP contribution is 2.27. The number of carbonyl (C=O) groups excluding carboxylic acids is 1. The van der Waals surface area contributed by atoms with Crippen molar-refractivity contribution in [1.29, 1.82) is 0 Å². The summed E-state index contributed by atoms with van der Waals surface area (Å²) in [4.78, 5) is 18.8. The summed E-state index contributed by atoms with van der Waals surface area (Å²) in [6, 6.07) is 8.04.